The van der Waals surface area contributed by atoms with Gasteiger partial charge in [0, 0.05) is 25.2 Å². The maximum Gasteiger partial charge on any atom is 0.407 e. The topological polar surface area (TPSA) is 175 Å². The summed E-state index contributed by atoms with van der Waals surface area (Å²) >= 11 is 0. The Morgan fingerprint density at radius 3 is 1.86 bits per heavy atom. The van der Waals surface area contributed by atoms with Crippen LogP contribution in [0.5, 0.6) is 5.75 Å². The van der Waals surface area contributed by atoms with Crippen LogP contribution in [0.4, 0.5) is 4.79 Å². The Balaban J connectivity index is 1.47. The molecule has 278 valence electrons. The zero-order valence-electron chi connectivity index (χ0n) is 29.7. The van der Waals surface area contributed by atoms with Crippen LogP contribution in [-0.2, 0) is 38.0 Å². The van der Waals surface area contributed by atoms with Crippen LogP contribution in [0.25, 0.3) is 11.4 Å². The highest BCUT2D eigenvalue weighted by Gasteiger charge is 2.17. The predicted octanol–water partition coefficient (Wildman–Crippen LogP) is 2.10. The lowest BCUT2D eigenvalue weighted by atomic mass is 10.2. The fourth-order valence-corrected chi connectivity index (χ4v) is 3.89. The van der Waals surface area contributed by atoms with Gasteiger partial charge >= 0.3 is 6.09 Å². The number of alkyl carbamates (subject to hydrolysis) is 1. The normalized spacial score (nSPS) is 11.2. The molecule has 1 heterocycles. The zero-order chi connectivity index (χ0) is 36.3. The van der Waals surface area contributed by atoms with Gasteiger partial charge in [0.15, 0.2) is 5.82 Å². The summed E-state index contributed by atoms with van der Waals surface area (Å²) in [7, 11) is 0. The first kappa shape index (κ1) is 42.2. The maximum atomic E-state index is 12.8. The molecule has 2 amide bonds. The molecule has 1 N–H and O–H groups in total. The molecule has 1 aromatic carbocycles. The number of carbonyl (C=O) groups is 2. The van der Waals surface area contributed by atoms with Crippen molar-refractivity contribution >= 4 is 12.0 Å². The van der Waals surface area contributed by atoms with Crippen LogP contribution in [0.15, 0.2) is 24.3 Å². The third-order valence-electron chi connectivity index (χ3n) is 6.23. The molecule has 1 aromatic heterocycles. The third-order valence-corrected chi connectivity index (χ3v) is 6.23. The first-order valence-electron chi connectivity index (χ1n) is 16.6. The van der Waals surface area contributed by atoms with Gasteiger partial charge in [0.25, 0.3) is 0 Å². The number of carbonyl (C=O) groups excluding carboxylic acids is 2. The minimum absolute atomic E-state index is 0.120. The summed E-state index contributed by atoms with van der Waals surface area (Å²) in [6, 6.07) is 7.36. The zero-order valence-corrected chi connectivity index (χ0v) is 29.7. The van der Waals surface area contributed by atoms with Gasteiger partial charge in [-0.05, 0) is 52.0 Å². The summed E-state index contributed by atoms with van der Waals surface area (Å²) in [6.45, 7) is 12.7. The van der Waals surface area contributed by atoms with Crippen molar-refractivity contribution in [1.29, 1.82) is 0 Å². The molecule has 50 heavy (non-hydrogen) atoms. The van der Waals surface area contributed by atoms with Crippen molar-refractivity contribution in [3.63, 3.8) is 0 Å². The van der Waals surface area contributed by atoms with Gasteiger partial charge in [0.05, 0.1) is 79.1 Å². The summed E-state index contributed by atoms with van der Waals surface area (Å²) < 4.78 is 43.8. The molecule has 0 aliphatic carbocycles. The molecule has 0 fully saturated rings. The van der Waals surface area contributed by atoms with Crippen LogP contribution in [0, 0.1) is 19.3 Å². The number of aromatic nitrogens is 4. The average molecular weight is 705 g/mol. The van der Waals surface area contributed by atoms with Gasteiger partial charge in [-0.15, -0.1) is 26.8 Å². The van der Waals surface area contributed by atoms with E-state index in [1.54, 1.807) is 32.6 Å². The van der Waals surface area contributed by atoms with Gasteiger partial charge in [0.2, 0.25) is 11.7 Å². The Hall–Kier alpha value is -3.98. The van der Waals surface area contributed by atoms with Crippen molar-refractivity contribution in [2.24, 2.45) is 0 Å². The molecule has 0 bridgehead atoms. The maximum absolute atomic E-state index is 12.8. The lowest BCUT2D eigenvalue weighted by Gasteiger charge is -2.24. The van der Waals surface area contributed by atoms with Gasteiger partial charge in [-0.25, -0.2) is 4.79 Å². The molecule has 0 saturated carbocycles. The number of amides is 2. The number of nitrogens with one attached hydrogen (secondary N) is 1. The number of benzene rings is 1. The van der Waals surface area contributed by atoms with Crippen LogP contribution in [-0.4, -0.2) is 148 Å². The molecule has 0 atom stereocenters. The quantitative estimate of drug-likeness (QED) is 0.106. The summed E-state index contributed by atoms with van der Waals surface area (Å²) in [4.78, 5) is 26.4. The lowest BCUT2D eigenvalue weighted by Crippen LogP contribution is -2.42. The number of hydrogen-bond donors (Lipinski definition) is 1. The largest absolute Gasteiger partial charge is 0.491 e. The second-order valence-electron chi connectivity index (χ2n) is 11.5. The van der Waals surface area contributed by atoms with Gasteiger partial charge in [-0.3, -0.25) is 4.79 Å². The highest BCUT2D eigenvalue weighted by atomic mass is 16.6. The van der Waals surface area contributed by atoms with Crippen molar-refractivity contribution in [2.45, 2.75) is 39.7 Å². The van der Waals surface area contributed by atoms with E-state index in [4.69, 9.17) is 44.3 Å². The minimum Gasteiger partial charge on any atom is -0.491 e. The number of nitrogens with zero attached hydrogens (tertiary/aromatic N) is 5. The second-order valence-corrected chi connectivity index (χ2v) is 11.5. The standard InChI is InChI=1S/C34H52N6O10/c1-6-15-43-18-20-45-17-14-40(13-12-35-33(42)50-34(3,4)5)31(41)11-16-44-19-21-46-22-23-47-24-25-48-26-27-49-30-9-7-29(8-10-30)32-38-36-28(2)37-39-32/h1,7-10H,11-27H2,2-5H3,(H,35,42). The highest BCUT2D eigenvalue weighted by molar-refractivity contribution is 5.76. The van der Waals surface area contributed by atoms with Gasteiger partial charge in [0.1, 0.15) is 24.6 Å². The van der Waals surface area contributed by atoms with Crippen LogP contribution in [0.1, 0.15) is 33.0 Å². The molecule has 16 heteroatoms. The molecule has 0 saturated heterocycles. The predicted molar refractivity (Wildman–Crippen MR) is 182 cm³/mol. The van der Waals surface area contributed by atoms with E-state index in [0.29, 0.717) is 103 Å². The van der Waals surface area contributed by atoms with Gasteiger partial charge in [-0.1, -0.05) is 5.92 Å². The number of terminal acetylenes is 1. The lowest BCUT2D eigenvalue weighted by molar-refractivity contribution is -0.133. The monoisotopic (exact) mass is 704 g/mol. The van der Waals surface area contributed by atoms with Crippen LogP contribution < -0.4 is 10.1 Å². The number of ether oxygens (including phenoxy) is 8. The molecule has 2 rings (SSSR count). The van der Waals surface area contributed by atoms with Crippen molar-refractivity contribution in [3.05, 3.63) is 30.1 Å². The fourth-order valence-electron chi connectivity index (χ4n) is 3.89. The highest BCUT2D eigenvalue weighted by Crippen LogP contribution is 2.18. The second kappa shape index (κ2) is 25.9. The summed E-state index contributed by atoms with van der Waals surface area (Å²) in [5.74, 6) is 3.95. The summed E-state index contributed by atoms with van der Waals surface area (Å²) in [5, 5.41) is 18.5. The first-order valence-corrected chi connectivity index (χ1v) is 16.6. The summed E-state index contributed by atoms with van der Waals surface area (Å²) in [6.07, 6.45) is 4.79. The van der Waals surface area contributed by atoms with E-state index in [9.17, 15) is 9.59 Å². The first-order chi connectivity index (χ1) is 24.2. The van der Waals surface area contributed by atoms with Crippen molar-refractivity contribution in [2.75, 3.05) is 106 Å². The van der Waals surface area contributed by atoms with E-state index < -0.39 is 11.7 Å². The molecule has 0 aliphatic heterocycles. The van der Waals surface area contributed by atoms with Gasteiger partial charge < -0.3 is 48.1 Å². The molecule has 0 unspecified atom stereocenters. The molecular weight excluding hydrogens is 652 g/mol. The average Bonchev–Trinajstić information content (AvgIpc) is 3.08. The molecular formula is C34H52N6O10. The SMILES string of the molecule is C#CCOCCOCCN(CCNC(=O)OC(C)(C)C)C(=O)CCOCCOCCOCCOCCOc1ccc(-c2nnc(C)nn2)cc1. The Morgan fingerprint density at radius 1 is 0.740 bits per heavy atom. The van der Waals surface area contributed by atoms with E-state index in [1.807, 2.05) is 24.3 Å². The van der Waals surface area contributed by atoms with Crippen LogP contribution in [0.3, 0.4) is 0 Å². The van der Waals surface area contributed by atoms with Crippen molar-refractivity contribution in [1.82, 2.24) is 30.6 Å². The van der Waals surface area contributed by atoms with E-state index >= 15 is 0 Å². The van der Waals surface area contributed by atoms with Crippen molar-refractivity contribution in [3.8, 4) is 29.5 Å². The number of rotatable bonds is 27. The van der Waals surface area contributed by atoms with E-state index in [0.717, 1.165) is 5.56 Å². The fraction of sp³-hybridized carbons (Fsp3) is 0.647. The smallest absolute Gasteiger partial charge is 0.407 e. The van der Waals surface area contributed by atoms with Crippen LogP contribution in [0.2, 0.25) is 0 Å². The Kier molecular flexibility index (Phi) is 21.9. The Bertz CT molecular complexity index is 1240. The van der Waals surface area contributed by atoms with E-state index in [2.05, 4.69) is 31.6 Å². The van der Waals surface area contributed by atoms with Crippen LogP contribution >= 0.6 is 0 Å². The molecule has 2 aromatic rings. The van der Waals surface area contributed by atoms with E-state index in [1.165, 1.54) is 0 Å². The Morgan fingerprint density at radius 2 is 1.28 bits per heavy atom. The molecule has 0 spiro atoms. The number of aryl methyl sites for hydroxylation is 1. The van der Waals surface area contributed by atoms with Crippen molar-refractivity contribution < 1.29 is 47.5 Å². The third kappa shape index (κ3) is 21.2. The van der Waals surface area contributed by atoms with Gasteiger partial charge in [-0.2, -0.15) is 0 Å². The molecule has 0 aliphatic rings. The summed E-state index contributed by atoms with van der Waals surface area (Å²) in [5.41, 5.74) is 0.195. The Labute approximate surface area is 294 Å². The molecule has 0 radical (unpaired) electrons. The minimum atomic E-state index is -0.610. The number of hydrogen-bond acceptors (Lipinski definition) is 14. The molecule has 16 nitrogen and oxygen atoms in total. The van der Waals surface area contributed by atoms with E-state index in [-0.39, 0.29) is 32.1 Å².